The zero-order chi connectivity index (χ0) is 17.1. The van der Waals surface area contributed by atoms with Crippen molar-refractivity contribution in [2.24, 2.45) is 4.99 Å². The molecule has 2 aromatic carbocycles. The Morgan fingerprint density at radius 2 is 1.75 bits per heavy atom. The predicted octanol–water partition coefficient (Wildman–Crippen LogP) is 5.46. The van der Waals surface area contributed by atoms with Crippen LogP contribution in [0, 0.1) is 17.4 Å². The minimum atomic E-state index is 0.778. The number of nitrogens with zero attached hydrogens (tertiary/aromatic N) is 2. The summed E-state index contributed by atoms with van der Waals surface area (Å²) in [5, 5.41) is 0. The van der Waals surface area contributed by atoms with Gasteiger partial charge in [0.1, 0.15) is 11.4 Å². The summed E-state index contributed by atoms with van der Waals surface area (Å²) >= 11 is 2.32. The van der Waals surface area contributed by atoms with Crippen LogP contribution in [-0.4, -0.2) is 17.9 Å². The summed E-state index contributed by atoms with van der Waals surface area (Å²) in [6, 6.07) is 18.5. The summed E-state index contributed by atoms with van der Waals surface area (Å²) in [5.41, 5.74) is 5.47. The van der Waals surface area contributed by atoms with Crippen molar-refractivity contribution in [3.63, 3.8) is 0 Å². The second kappa shape index (κ2) is 7.21. The van der Waals surface area contributed by atoms with Crippen molar-refractivity contribution in [2.75, 3.05) is 7.11 Å². The molecule has 1 heterocycles. The van der Waals surface area contributed by atoms with Crippen LogP contribution in [-0.2, 0) is 0 Å². The van der Waals surface area contributed by atoms with Gasteiger partial charge >= 0.3 is 0 Å². The topological polar surface area (TPSA) is 26.5 Å². The minimum absolute atomic E-state index is 0.778. The number of hydrogen-bond acceptors (Lipinski definition) is 2. The molecule has 0 saturated heterocycles. The van der Waals surface area contributed by atoms with Crippen LogP contribution in [0.25, 0.3) is 5.69 Å². The van der Waals surface area contributed by atoms with Crippen LogP contribution < -0.4 is 4.74 Å². The zero-order valence-electron chi connectivity index (χ0n) is 14.0. The van der Waals surface area contributed by atoms with Crippen molar-refractivity contribution in [2.45, 2.75) is 13.8 Å². The third-order valence-corrected chi connectivity index (χ3v) is 4.70. The number of rotatable bonds is 4. The molecule has 122 valence electrons. The number of hydrogen-bond donors (Lipinski definition) is 0. The number of aliphatic imine (C=N–C) groups is 1. The maximum Gasteiger partial charge on any atom is 0.144 e. The maximum atomic E-state index is 5.35. The first-order valence-corrected chi connectivity index (χ1v) is 8.80. The Hall–Kier alpha value is -2.08. The van der Waals surface area contributed by atoms with Crippen molar-refractivity contribution >= 4 is 34.5 Å². The molecule has 4 heteroatoms. The van der Waals surface area contributed by atoms with Gasteiger partial charge in [-0.1, -0.05) is 12.1 Å². The molecular formula is C20H19IN2O. The van der Waals surface area contributed by atoms with Crippen molar-refractivity contribution in [3.8, 4) is 11.4 Å². The van der Waals surface area contributed by atoms with E-state index in [0.717, 1.165) is 17.0 Å². The number of ether oxygens (including phenoxy) is 1. The summed E-state index contributed by atoms with van der Waals surface area (Å²) in [5.74, 6) is 0.778. The number of para-hydroxylation sites is 2. The first kappa shape index (κ1) is 16.8. The van der Waals surface area contributed by atoms with Gasteiger partial charge in [-0.05, 0) is 78.9 Å². The molecule has 3 rings (SSSR count). The number of benzene rings is 2. The van der Waals surface area contributed by atoms with Crippen LogP contribution in [0.15, 0.2) is 59.6 Å². The SMILES string of the molecule is COc1ccccc1N=Cc1cc(C)n(-c2ccc(I)cc2)c1C. The van der Waals surface area contributed by atoms with Crippen LogP contribution in [0.4, 0.5) is 5.69 Å². The standard InChI is InChI=1S/C20H19IN2O/c1-14-12-16(13-22-19-6-4-5-7-20(19)24-3)15(2)23(14)18-10-8-17(21)9-11-18/h4-13H,1-3H3. The third-order valence-electron chi connectivity index (χ3n) is 3.98. The predicted molar refractivity (Wildman–Crippen MR) is 108 cm³/mol. The Labute approximate surface area is 156 Å². The molecule has 24 heavy (non-hydrogen) atoms. The highest BCUT2D eigenvalue weighted by atomic mass is 127. The Balaban J connectivity index is 1.97. The Morgan fingerprint density at radius 3 is 2.46 bits per heavy atom. The lowest BCUT2D eigenvalue weighted by molar-refractivity contribution is 0.416. The molecule has 1 aromatic heterocycles. The van der Waals surface area contributed by atoms with Gasteiger partial charge in [0.05, 0.1) is 7.11 Å². The molecule has 0 aliphatic carbocycles. The smallest absolute Gasteiger partial charge is 0.144 e. The summed E-state index contributed by atoms with van der Waals surface area (Å²) in [7, 11) is 1.66. The van der Waals surface area contributed by atoms with Gasteiger partial charge in [0.2, 0.25) is 0 Å². The highest BCUT2D eigenvalue weighted by Gasteiger charge is 2.09. The largest absolute Gasteiger partial charge is 0.494 e. The lowest BCUT2D eigenvalue weighted by Gasteiger charge is -2.09. The van der Waals surface area contributed by atoms with Gasteiger partial charge in [-0.15, -0.1) is 0 Å². The molecule has 0 spiro atoms. The molecule has 0 aliphatic heterocycles. The van der Waals surface area contributed by atoms with Crippen LogP contribution in [0.3, 0.4) is 0 Å². The fourth-order valence-electron chi connectivity index (χ4n) is 2.78. The second-order valence-electron chi connectivity index (χ2n) is 5.57. The molecule has 0 atom stereocenters. The van der Waals surface area contributed by atoms with Gasteiger partial charge in [0, 0.05) is 32.4 Å². The van der Waals surface area contributed by atoms with Crippen molar-refractivity contribution < 1.29 is 4.74 Å². The van der Waals surface area contributed by atoms with E-state index in [-0.39, 0.29) is 0 Å². The third kappa shape index (κ3) is 3.38. The minimum Gasteiger partial charge on any atom is -0.494 e. The van der Waals surface area contributed by atoms with Gasteiger partial charge in [0.25, 0.3) is 0 Å². The van der Waals surface area contributed by atoms with E-state index in [1.807, 2.05) is 30.5 Å². The molecular weight excluding hydrogens is 411 g/mol. The van der Waals surface area contributed by atoms with Crippen molar-refractivity contribution in [1.29, 1.82) is 0 Å². The highest BCUT2D eigenvalue weighted by Crippen LogP contribution is 2.27. The van der Waals surface area contributed by atoms with Crippen molar-refractivity contribution in [1.82, 2.24) is 4.57 Å². The molecule has 0 aliphatic rings. The zero-order valence-corrected chi connectivity index (χ0v) is 16.1. The summed E-state index contributed by atoms with van der Waals surface area (Å²) in [6.07, 6.45) is 1.91. The molecule has 0 N–H and O–H groups in total. The first-order valence-electron chi connectivity index (χ1n) is 7.72. The Bertz CT molecular complexity index is 879. The molecule has 0 unspecified atom stereocenters. The lowest BCUT2D eigenvalue weighted by atomic mass is 10.2. The van der Waals surface area contributed by atoms with Crippen LogP contribution >= 0.6 is 22.6 Å². The van der Waals surface area contributed by atoms with Crippen LogP contribution in [0.5, 0.6) is 5.75 Å². The van der Waals surface area contributed by atoms with E-state index in [9.17, 15) is 0 Å². The summed E-state index contributed by atoms with van der Waals surface area (Å²) < 4.78 is 8.84. The molecule has 0 bridgehead atoms. The summed E-state index contributed by atoms with van der Waals surface area (Å²) in [4.78, 5) is 4.61. The normalized spacial score (nSPS) is 11.2. The molecule has 3 aromatic rings. The first-order chi connectivity index (χ1) is 11.6. The van der Waals surface area contributed by atoms with Crippen molar-refractivity contribution in [3.05, 3.63) is 75.1 Å². The lowest BCUT2D eigenvalue weighted by Crippen LogP contribution is -1.99. The molecule has 0 radical (unpaired) electrons. The van der Waals surface area contributed by atoms with Gasteiger partial charge in [-0.2, -0.15) is 0 Å². The fourth-order valence-corrected chi connectivity index (χ4v) is 3.14. The van der Waals surface area contributed by atoms with E-state index < -0.39 is 0 Å². The fraction of sp³-hybridized carbons (Fsp3) is 0.150. The van der Waals surface area contributed by atoms with Gasteiger partial charge < -0.3 is 9.30 Å². The van der Waals surface area contributed by atoms with Crippen LogP contribution in [0.2, 0.25) is 0 Å². The van der Waals surface area contributed by atoms with Gasteiger partial charge in [-0.25, -0.2) is 0 Å². The quantitative estimate of drug-likeness (QED) is 0.399. The average molecular weight is 430 g/mol. The highest BCUT2D eigenvalue weighted by molar-refractivity contribution is 14.1. The van der Waals surface area contributed by atoms with Gasteiger partial charge in [-0.3, -0.25) is 4.99 Å². The maximum absolute atomic E-state index is 5.35. The molecule has 0 saturated carbocycles. The number of aryl methyl sites for hydroxylation is 1. The number of aromatic nitrogens is 1. The van der Waals surface area contributed by atoms with E-state index >= 15 is 0 Å². The van der Waals surface area contributed by atoms with E-state index in [4.69, 9.17) is 4.74 Å². The molecule has 3 nitrogen and oxygen atoms in total. The average Bonchev–Trinajstić information content (AvgIpc) is 2.88. The van der Waals surface area contributed by atoms with E-state index in [0.29, 0.717) is 0 Å². The number of methoxy groups -OCH3 is 1. The van der Waals surface area contributed by atoms with Gasteiger partial charge in [0.15, 0.2) is 0 Å². The number of halogens is 1. The van der Waals surface area contributed by atoms with Crippen LogP contribution in [0.1, 0.15) is 17.0 Å². The van der Waals surface area contributed by atoms with E-state index in [2.05, 4.69) is 76.3 Å². The Kier molecular flexibility index (Phi) is 5.04. The second-order valence-corrected chi connectivity index (χ2v) is 6.81. The van der Waals surface area contributed by atoms with E-state index in [1.165, 1.54) is 20.6 Å². The molecule has 0 amide bonds. The molecule has 0 fully saturated rings. The Morgan fingerprint density at radius 1 is 1.04 bits per heavy atom. The monoisotopic (exact) mass is 430 g/mol. The van der Waals surface area contributed by atoms with E-state index in [1.54, 1.807) is 7.11 Å². The summed E-state index contributed by atoms with van der Waals surface area (Å²) in [6.45, 7) is 4.24.